The van der Waals surface area contributed by atoms with Crippen LogP contribution in [0.15, 0.2) is 65.5 Å². The first kappa shape index (κ1) is 21.4. The van der Waals surface area contributed by atoms with E-state index in [0.29, 0.717) is 31.3 Å². The first-order valence-corrected chi connectivity index (χ1v) is 10.8. The molecule has 0 aliphatic rings. The van der Waals surface area contributed by atoms with E-state index < -0.39 is 0 Å². The normalized spacial score (nSPS) is 11.6. The highest BCUT2D eigenvalue weighted by Crippen LogP contribution is 2.24. The Morgan fingerprint density at radius 2 is 1.84 bits per heavy atom. The maximum absolute atomic E-state index is 13.0. The van der Waals surface area contributed by atoms with Crippen molar-refractivity contribution in [3.63, 3.8) is 0 Å². The monoisotopic (exact) mass is 429 g/mol. The molecule has 0 bridgehead atoms. The fourth-order valence-corrected chi connectivity index (χ4v) is 3.59. The molecule has 0 saturated carbocycles. The van der Waals surface area contributed by atoms with E-state index in [-0.39, 0.29) is 5.69 Å². The van der Waals surface area contributed by atoms with Gasteiger partial charge < -0.3 is 0 Å². The number of hydrogen-bond acceptors (Lipinski definition) is 5. The summed E-state index contributed by atoms with van der Waals surface area (Å²) in [5.74, 6) is 1.70. The molecule has 0 aliphatic carbocycles. The molecule has 2 aromatic heterocycles. The molecule has 0 atom stereocenters. The Morgan fingerprint density at radius 3 is 2.53 bits per heavy atom. The molecule has 0 aliphatic heterocycles. The molecule has 0 radical (unpaired) electrons. The van der Waals surface area contributed by atoms with Gasteiger partial charge in [0.1, 0.15) is 5.82 Å². The van der Waals surface area contributed by atoms with E-state index in [9.17, 15) is 4.79 Å². The molecule has 8 nitrogen and oxygen atoms in total. The molecule has 0 amide bonds. The Hall–Kier alpha value is -3.81. The molecular formula is C24H27N7O. The van der Waals surface area contributed by atoms with Gasteiger partial charge in [0.2, 0.25) is 5.82 Å². The summed E-state index contributed by atoms with van der Waals surface area (Å²) < 4.78 is 3.36. The van der Waals surface area contributed by atoms with Gasteiger partial charge in [-0.05, 0) is 40.8 Å². The smallest absolute Gasteiger partial charge is 0.274 e. The van der Waals surface area contributed by atoms with Crippen LogP contribution >= 0.6 is 0 Å². The number of nitrogens with one attached hydrogen (secondary N) is 1. The van der Waals surface area contributed by atoms with Crippen LogP contribution in [0.1, 0.15) is 32.2 Å². The Morgan fingerprint density at radius 1 is 1.06 bits per heavy atom. The summed E-state index contributed by atoms with van der Waals surface area (Å²) in [7, 11) is 0. The van der Waals surface area contributed by atoms with Crippen molar-refractivity contribution in [2.45, 2.75) is 40.3 Å². The molecule has 164 valence electrons. The van der Waals surface area contributed by atoms with E-state index in [1.807, 2.05) is 43.3 Å². The zero-order chi connectivity index (χ0) is 22.5. The van der Waals surface area contributed by atoms with E-state index in [4.69, 9.17) is 0 Å². The van der Waals surface area contributed by atoms with Crippen molar-refractivity contribution in [3.05, 3.63) is 82.6 Å². The number of benzene rings is 2. The van der Waals surface area contributed by atoms with Gasteiger partial charge in [0, 0.05) is 18.5 Å². The number of rotatable bonds is 8. The fourth-order valence-electron chi connectivity index (χ4n) is 3.59. The van der Waals surface area contributed by atoms with Gasteiger partial charge in [0.25, 0.3) is 0 Å². The minimum Gasteiger partial charge on any atom is -0.274 e. The van der Waals surface area contributed by atoms with Crippen LogP contribution in [0.4, 0.5) is 0 Å². The number of hydrogen-bond donors (Lipinski definition) is 1. The third-order valence-corrected chi connectivity index (χ3v) is 5.17. The topological polar surface area (TPSA) is 94.3 Å². The summed E-state index contributed by atoms with van der Waals surface area (Å²) in [5.41, 5.74) is 4.04. The molecule has 0 saturated heterocycles. The van der Waals surface area contributed by atoms with E-state index in [1.54, 1.807) is 9.25 Å². The largest absolute Gasteiger partial charge is 0.346 e. The minimum atomic E-state index is -0.0601. The number of aromatic amines is 1. The third kappa shape index (κ3) is 4.74. The second-order valence-corrected chi connectivity index (χ2v) is 8.15. The summed E-state index contributed by atoms with van der Waals surface area (Å²) in [4.78, 5) is 13.0. The van der Waals surface area contributed by atoms with Gasteiger partial charge in [-0.15, -0.1) is 10.2 Å². The maximum atomic E-state index is 13.0. The second-order valence-electron chi connectivity index (χ2n) is 8.15. The van der Waals surface area contributed by atoms with Gasteiger partial charge in [-0.1, -0.05) is 68.5 Å². The van der Waals surface area contributed by atoms with Crippen molar-refractivity contribution in [1.82, 2.24) is 35.0 Å². The molecule has 4 aromatic rings. The van der Waals surface area contributed by atoms with Crippen LogP contribution in [0.2, 0.25) is 0 Å². The lowest BCUT2D eigenvalue weighted by atomic mass is 10.0. The van der Waals surface area contributed by atoms with E-state index in [1.165, 1.54) is 0 Å². The first-order chi connectivity index (χ1) is 15.5. The standard InChI is InChI=1S/C24H27N7O/c1-4-5-9-22-27-31(15-17(2)3)24(32)30(22)16-18-10-12-19(13-11-18)20-7-6-8-21(14-20)23-25-28-29-26-23/h4-8,10-14,17H,9,15-16H2,1-3H3,(H,25,26,28,29)/b5-4+. The third-order valence-electron chi connectivity index (χ3n) is 5.17. The van der Waals surface area contributed by atoms with Crippen molar-refractivity contribution in [2.24, 2.45) is 5.92 Å². The van der Waals surface area contributed by atoms with E-state index in [0.717, 1.165) is 28.1 Å². The highest BCUT2D eigenvalue weighted by molar-refractivity contribution is 5.70. The molecule has 4 rings (SSSR count). The van der Waals surface area contributed by atoms with Gasteiger partial charge in [-0.2, -0.15) is 10.3 Å². The summed E-state index contributed by atoms with van der Waals surface area (Å²) >= 11 is 0. The molecule has 8 heteroatoms. The number of allylic oxidation sites excluding steroid dienone is 2. The number of tetrazole rings is 1. The van der Waals surface area contributed by atoms with Crippen LogP contribution in [-0.2, 0) is 19.5 Å². The highest BCUT2D eigenvalue weighted by atomic mass is 16.2. The maximum Gasteiger partial charge on any atom is 0.346 e. The average molecular weight is 430 g/mol. The van der Waals surface area contributed by atoms with Crippen molar-refractivity contribution in [3.8, 4) is 22.5 Å². The number of H-pyrrole nitrogens is 1. The predicted molar refractivity (Wildman–Crippen MR) is 124 cm³/mol. The van der Waals surface area contributed by atoms with Crippen LogP contribution in [0.5, 0.6) is 0 Å². The van der Waals surface area contributed by atoms with Gasteiger partial charge >= 0.3 is 5.69 Å². The molecule has 0 unspecified atom stereocenters. The molecule has 0 spiro atoms. The quantitative estimate of drug-likeness (QED) is 0.431. The van der Waals surface area contributed by atoms with Crippen LogP contribution < -0.4 is 5.69 Å². The predicted octanol–water partition coefficient (Wildman–Crippen LogP) is 3.71. The van der Waals surface area contributed by atoms with Crippen molar-refractivity contribution in [2.75, 3.05) is 0 Å². The van der Waals surface area contributed by atoms with Gasteiger partial charge in [-0.25, -0.2) is 9.48 Å². The number of nitrogens with zero attached hydrogens (tertiary/aromatic N) is 6. The van der Waals surface area contributed by atoms with Crippen molar-refractivity contribution >= 4 is 0 Å². The zero-order valence-corrected chi connectivity index (χ0v) is 18.6. The fraction of sp³-hybridized carbons (Fsp3) is 0.292. The van der Waals surface area contributed by atoms with Crippen LogP contribution in [0.25, 0.3) is 22.5 Å². The minimum absolute atomic E-state index is 0.0601. The Bertz CT molecular complexity index is 1250. The molecule has 2 aromatic carbocycles. The Balaban J connectivity index is 1.59. The van der Waals surface area contributed by atoms with Crippen LogP contribution in [0, 0.1) is 5.92 Å². The molecule has 2 heterocycles. The zero-order valence-electron chi connectivity index (χ0n) is 18.6. The van der Waals surface area contributed by atoms with Gasteiger partial charge in [0.05, 0.1) is 6.54 Å². The summed E-state index contributed by atoms with van der Waals surface area (Å²) in [6.45, 7) is 7.25. The van der Waals surface area contributed by atoms with Crippen LogP contribution in [0.3, 0.4) is 0 Å². The molecule has 1 N–H and O–H groups in total. The van der Waals surface area contributed by atoms with E-state index >= 15 is 0 Å². The molecule has 0 fully saturated rings. The van der Waals surface area contributed by atoms with E-state index in [2.05, 4.69) is 63.8 Å². The molecular weight excluding hydrogens is 402 g/mol. The highest BCUT2D eigenvalue weighted by Gasteiger charge is 2.14. The lowest BCUT2D eigenvalue weighted by Crippen LogP contribution is -2.27. The summed E-state index contributed by atoms with van der Waals surface area (Å²) in [5, 5.41) is 18.8. The summed E-state index contributed by atoms with van der Waals surface area (Å²) in [6.07, 6.45) is 4.64. The second kappa shape index (κ2) is 9.55. The average Bonchev–Trinajstić information content (AvgIpc) is 3.43. The van der Waals surface area contributed by atoms with Crippen molar-refractivity contribution in [1.29, 1.82) is 0 Å². The Kier molecular flexibility index (Phi) is 6.39. The van der Waals surface area contributed by atoms with Crippen LogP contribution in [-0.4, -0.2) is 35.0 Å². The molecule has 32 heavy (non-hydrogen) atoms. The lowest BCUT2D eigenvalue weighted by molar-refractivity contribution is 0.465. The lowest BCUT2D eigenvalue weighted by Gasteiger charge is -2.07. The van der Waals surface area contributed by atoms with Gasteiger partial charge in [0.15, 0.2) is 0 Å². The Labute approximate surface area is 186 Å². The summed E-state index contributed by atoms with van der Waals surface area (Å²) in [6, 6.07) is 16.3. The number of aromatic nitrogens is 7. The van der Waals surface area contributed by atoms with Gasteiger partial charge in [-0.3, -0.25) is 4.57 Å². The first-order valence-electron chi connectivity index (χ1n) is 10.8. The van der Waals surface area contributed by atoms with Crippen molar-refractivity contribution < 1.29 is 0 Å². The SMILES string of the molecule is C/C=C/Cc1nn(CC(C)C)c(=O)n1Cc1ccc(-c2cccc(-c3nn[nH]n3)c2)cc1.